The number of rotatable bonds is 4. The summed E-state index contributed by atoms with van der Waals surface area (Å²) >= 11 is 5.32. The molecule has 3 heterocycles. The first kappa shape index (κ1) is 23.0. The fraction of sp³-hybridized carbons (Fsp3) is 0.520. The van der Waals surface area contributed by atoms with Crippen molar-refractivity contribution >= 4 is 33.1 Å². The first-order chi connectivity index (χ1) is 15.9. The average Bonchev–Trinajstić information content (AvgIpc) is 3.46. The monoisotopic (exact) mass is 530 g/mol. The smallest absolute Gasteiger partial charge is 0.163 e. The molecule has 5 rings (SSSR count). The van der Waals surface area contributed by atoms with Gasteiger partial charge in [0.2, 0.25) is 0 Å². The van der Waals surface area contributed by atoms with Crippen LogP contribution in [0.2, 0.25) is 0 Å². The van der Waals surface area contributed by atoms with Crippen LogP contribution in [0.4, 0.5) is 4.39 Å². The number of hydrogen-bond donors (Lipinski definition) is 1. The number of morpholine rings is 1. The maximum atomic E-state index is 14.1. The van der Waals surface area contributed by atoms with Crippen molar-refractivity contribution in [1.82, 2.24) is 15.2 Å². The minimum atomic E-state index is -0.718. The number of halogens is 2. The van der Waals surface area contributed by atoms with Crippen LogP contribution in [0.15, 0.2) is 51.9 Å². The predicted octanol–water partition coefficient (Wildman–Crippen LogP) is 4.44. The molecule has 2 aliphatic heterocycles. The van der Waals surface area contributed by atoms with Crippen LogP contribution in [0, 0.1) is 23.2 Å². The van der Waals surface area contributed by atoms with E-state index < -0.39 is 11.0 Å². The van der Waals surface area contributed by atoms with Gasteiger partial charge in [0, 0.05) is 53.1 Å². The van der Waals surface area contributed by atoms with Gasteiger partial charge in [-0.2, -0.15) is 0 Å². The van der Waals surface area contributed by atoms with Gasteiger partial charge < -0.3 is 10.1 Å². The van der Waals surface area contributed by atoms with Gasteiger partial charge in [-0.05, 0) is 31.9 Å². The summed E-state index contributed by atoms with van der Waals surface area (Å²) in [6, 6.07) is 0. The molecule has 0 aromatic carbocycles. The highest BCUT2D eigenvalue weighted by Crippen LogP contribution is 2.51. The second-order valence-corrected chi connectivity index (χ2v) is 11.2. The van der Waals surface area contributed by atoms with E-state index in [-0.39, 0.29) is 10.7 Å². The van der Waals surface area contributed by atoms with Crippen LogP contribution in [0.5, 0.6) is 0 Å². The van der Waals surface area contributed by atoms with E-state index in [1.807, 2.05) is 11.5 Å². The Bertz CT molecular complexity index is 1090. The molecule has 174 valence electrons. The highest BCUT2D eigenvalue weighted by atomic mass is 79.9. The van der Waals surface area contributed by atoms with Gasteiger partial charge in [0.05, 0.1) is 18.8 Å². The van der Waals surface area contributed by atoms with Crippen molar-refractivity contribution < 1.29 is 9.13 Å². The lowest BCUT2D eigenvalue weighted by Crippen LogP contribution is -2.54. The Hall–Kier alpha value is -1.79. The van der Waals surface area contributed by atoms with Crippen molar-refractivity contribution in [3.63, 3.8) is 0 Å². The molecular formula is C25H28BrFN4OS. The lowest BCUT2D eigenvalue weighted by molar-refractivity contribution is 0.0415. The van der Waals surface area contributed by atoms with Gasteiger partial charge in [-0.15, -0.1) is 11.3 Å². The third kappa shape index (κ3) is 4.49. The van der Waals surface area contributed by atoms with Crippen molar-refractivity contribution in [2.24, 2.45) is 16.3 Å². The van der Waals surface area contributed by atoms with Crippen LogP contribution in [-0.4, -0.2) is 58.9 Å². The number of nitrogens with one attached hydrogen (secondary N) is 1. The summed E-state index contributed by atoms with van der Waals surface area (Å²) in [7, 11) is 0. The molecule has 1 N–H and O–H groups in total. The third-order valence-corrected chi connectivity index (χ3v) is 9.00. The third-order valence-electron chi connectivity index (χ3n) is 7.01. The van der Waals surface area contributed by atoms with Gasteiger partial charge in [0.1, 0.15) is 11.4 Å². The van der Waals surface area contributed by atoms with E-state index in [1.54, 1.807) is 29.7 Å². The van der Waals surface area contributed by atoms with E-state index in [2.05, 4.69) is 56.8 Å². The molecule has 0 spiro atoms. The summed E-state index contributed by atoms with van der Waals surface area (Å²) in [6.45, 7) is 8.21. The SMILES string of the molecule is CC1([C@@]2(C)N=C(c3nccs3)NC(CN3CCOCC3)=C2C#CC2CC2)C=CC(F)=CC1Br. The van der Waals surface area contributed by atoms with Crippen molar-refractivity contribution in [3.05, 3.63) is 51.9 Å². The highest BCUT2D eigenvalue weighted by Gasteiger charge is 2.53. The van der Waals surface area contributed by atoms with Gasteiger partial charge in [-0.1, -0.05) is 40.8 Å². The van der Waals surface area contributed by atoms with Gasteiger partial charge >= 0.3 is 0 Å². The second-order valence-electron chi connectivity index (χ2n) is 9.35. The maximum Gasteiger partial charge on any atom is 0.163 e. The summed E-state index contributed by atoms with van der Waals surface area (Å²) in [4.78, 5) is 11.9. The normalized spacial score (nSPS) is 32.5. The van der Waals surface area contributed by atoms with E-state index in [1.165, 1.54) is 0 Å². The number of nitrogens with zero attached hydrogens (tertiary/aromatic N) is 3. The Balaban J connectivity index is 1.64. The molecule has 2 aliphatic carbocycles. The first-order valence-corrected chi connectivity index (χ1v) is 13.2. The predicted molar refractivity (Wildman–Crippen MR) is 134 cm³/mol. The lowest BCUT2D eigenvalue weighted by atomic mass is 9.64. The van der Waals surface area contributed by atoms with E-state index in [0.717, 1.165) is 67.8 Å². The molecule has 1 saturated heterocycles. The van der Waals surface area contributed by atoms with Crippen LogP contribution >= 0.6 is 27.3 Å². The number of allylic oxidation sites excluding steroid dienone is 3. The molecule has 3 atom stereocenters. The summed E-state index contributed by atoms with van der Waals surface area (Å²) in [6.07, 6.45) is 9.23. The molecule has 1 aromatic heterocycles. The molecule has 0 amide bonds. The minimum absolute atomic E-state index is 0.234. The first-order valence-electron chi connectivity index (χ1n) is 11.4. The van der Waals surface area contributed by atoms with Crippen LogP contribution in [0.3, 0.4) is 0 Å². The minimum Gasteiger partial charge on any atom is -0.379 e. The van der Waals surface area contributed by atoms with E-state index in [4.69, 9.17) is 9.73 Å². The molecule has 2 unspecified atom stereocenters. The highest BCUT2D eigenvalue weighted by molar-refractivity contribution is 9.09. The van der Waals surface area contributed by atoms with Gasteiger partial charge in [-0.25, -0.2) is 9.37 Å². The number of aliphatic imine (C=N–C) groups is 1. The summed E-state index contributed by atoms with van der Waals surface area (Å²) in [5.74, 6) is 8.00. The fourth-order valence-corrected chi connectivity index (χ4v) is 5.91. The van der Waals surface area contributed by atoms with Crippen molar-refractivity contribution in [2.45, 2.75) is 37.1 Å². The zero-order chi connectivity index (χ0) is 23.1. The van der Waals surface area contributed by atoms with E-state index in [9.17, 15) is 4.39 Å². The fourth-order valence-electron chi connectivity index (χ4n) is 4.48. The van der Waals surface area contributed by atoms with Crippen molar-refractivity contribution in [2.75, 3.05) is 32.8 Å². The molecule has 1 saturated carbocycles. The van der Waals surface area contributed by atoms with Crippen molar-refractivity contribution in [1.29, 1.82) is 0 Å². The molecule has 5 nitrogen and oxygen atoms in total. The Labute approximate surface area is 207 Å². The topological polar surface area (TPSA) is 49.8 Å². The largest absolute Gasteiger partial charge is 0.379 e. The van der Waals surface area contributed by atoms with Gasteiger partial charge in [0.25, 0.3) is 0 Å². The standard InChI is InChI=1S/C25H28BrFN4OS/c1-24(8-7-18(27)15-21(24)26)25(2)19(6-5-17-3-4-17)20(16-31-10-12-32-13-11-31)29-22(30-25)23-28-9-14-33-23/h7-9,14-15,17,21H,3-4,10-13,16H2,1-2H3,(H,29,30)/t21?,24?,25-/m0/s1. The number of aromatic nitrogens is 1. The Morgan fingerprint density at radius 3 is 2.79 bits per heavy atom. The quantitative estimate of drug-likeness (QED) is 0.461. The average molecular weight is 531 g/mol. The summed E-state index contributed by atoms with van der Waals surface area (Å²) in [5.41, 5.74) is 0.785. The summed E-state index contributed by atoms with van der Waals surface area (Å²) < 4.78 is 19.7. The number of thiazole rings is 1. The number of hydrogen-bond acceptors (Lipinski definition) is 6. The number of amidine groups is 1. The Morgan fingerprint density at radius 1 is 1.33 bits per heavy atom. The van der Waals surface area contributed by atoms with Crippen LogP contribution < -0.4 is 5.32 Å². The zero-order valence-electron chi connectivity index (χ0n) is 18.9. The maximum absolute atomic E-state index is 14.1. The summed E-state index contributed by atoms with van der Waals surface area (Å²) in [5, 5.41) is 6.39. The molecule has 8 heteroatoms. The van der Waals surface area contributed by atoms with E-state index in [0.29, 0.717) is 5.92 Å². The number of alkyl halides is 1. The second kappa shape index (κ2) is 9.10. The van der Waals surface area contributed by atoms with Gasteiger partial charge in [0.15, 0.2) is 10.8 Å². The molecule has 33 heavy (non-hydrogen) atoms. The zero-order valence-corrected chi connectivity index (χ0v) is 21.3. The number of ether oxygens (including phenoxy) is 1. The van der Waals surface area contributed by atoms with E-state index >= 15 is 0 Å². The Morgan fingerprint density at radius 2 is 2.12 bits per heavy atom. The molecule has 1 aromatic rings. The van der Waals surface area contributed by atoms with Crippen LogP contribution in [0.1, 0.15) is 31.7 Å². The van der Waals surface area contributed by atoms with Crippen LogP contribution in [-0.2, 0) is 4.74 Å². The lowest BCUT2D eigenvalue weighted by Gasteiger charge is -2.48. The molecule has 0 radical (unpaired) electrons. The molecule has 4 aliphatic rings. The molecule has 0 bridgehead atoms. The molecule has 2 fully saturated rings. The van der Waals surface area contributed by atoms with Gasteiger partial charge in [-0.3, -0.25) is 9.89 Å². The Kier molecular flexibility index (Phi) is 6.34. The van der Waals surface area contributed by atoms with Crippen LogP contribution in [0.25, 0.3) is 0 Å². The molecular weight excluding hydrogens is 503 g/mol. The van der Waals surface area contributed by atoms with Crippen molar-refractivity contribution in [3.8, 4) is 11.8 Å².